The topological polar surface area (TPSA) is 92.9 Å². The summed E-state index contributed by atoms with van der Waals surface area (Å²) in [5, 5.41) is 6.12. The highest BCUT2D eigenvalue weighted by Crippen LogP contribution is 2.29. The molecule has 2 amide bonds. The number of amides is 2. The second-order valence-electron chi connectivity index (χ2n) is 6.77. The molecule has 146 valence electrons. The van der Waals surface area contributed by atoms with E-state index in [0.29, 0.717) is 11.0 Å². The summed E-state index contributed by atoms with van der Waals surface area (Å²) in [5.41, 5.74) is 0.181. The predicted molar refractivity (Wildman–Crippen MR) is 113 cm³/mol. The Morgan fingerprint density at radius 1 is 1.07 bits per heavy atom. The minimum absolute atomic E-state index is 0.103. The van der Waals surface area contributed by atoms with Crippen LogP contribution in [0.15, 0.2) is 29.2 Å². The van der Waals surface area contributed by atoms with Gasteiger partial charge in [-0.3, -0.25) is 10.3 Å². The number of rotatable bonds is 4. The molecule has 0 aromatic carbocycles. The third kappa shape index (κ3) is 5.09. The molecular formula is C18H17Cl2N5O2S. The number of hydrogen-bond acceptors (Lipinski definition) is 6. The van der Waals surface area contributed by atoms with Crippen molar-refractivity contribution in [2.24, 2.45) is 0 Å². The third-order valence-corrected chi connectivity index (χ3v) is 4.94. The number of halogens is 2. The summed E-state index contributed by atoms with van der Waals surface area (Å²) in [6, 6.07) is -0.512. The van der Waals surface area contributed by atoms with Gasteiger partial charge in [-0.05, 0) is 6.08 Å². The molecule has 3 aromatic rings. The standard InChI is InChI=1S/C18H17Cl2N5O2S/c1-18(2,3)13-9-22-14(27-13)5-4-10-6-23-17(28-10)25-16(26)24-15-11(19)7-21-8-12(15)20/h4-9H,1-3H3,(H2,21,23,24,25,26)/b5-4+. The molecule has 2 N–H and O–H groups in total. The van der Waals surface area contributed by atoms with Gasteiger partial charge in [-0.2, -0.15) is 0 Å². The van der Waals surface area contributed by atoms with E-state index in [1.54, 1.807) is 18.5 Å². The van der Waals surface area contributed by atoms with E-state index in [1.807, 2.05) is 6.08 Å². The van der Waals surface area contributed by atoms with Crippen molar-refractivity contribution in [2.75, 3.05) is 10.6 Å². The van der Waals surface area contributed by atoms with Gasteiger partial charge < -0.3 is 9.73 Å². The van der Waals surface area contributed by atoms with E-state index in [-0.39, 0.29) is 21.1 Å². The van der Waals surface area contributed by atoms with Crippen molar-refractivity contribution in [3.8, 4) is 0 Å². The molecule has 0 unspecified atom stereocenters. The lowest BCUT2D eigenvalue weighted by molar-refractivity contribution is 0.262. The van der Waals surface area contributed by atoms with E-state index in [1.165, 1.54) is 23.7 Å². The molecule has 3 heterocycles. The number of pyridine rings is 1. The Bertz CT molecular complexity index is 1000. The molecule has 0 bridgehead atoms. The first kappa shape index (κ1) is 20.3. The van der Waals surface area contributed by atoms with E-state index >= 15 is 0 Å². The van der Waals surface area contributed by atoms with Crippen LogP contribution in [0.25, 0.3) is 12.2 Å². The number of oxazole rings is 1. The lowest BCUT2D eigenvalue weighted by Crippen LogP contribution is -2.19. The van der Waals surface area contributed by atoms with Crippen LogP contribution in [0.1, 0.15) is 37.3 Å². The highest BCUT2D eigenvalue weighted by atomic mass is 35.5. The van der Waals surface area contributed by atoms with E-state index in [9.17, 15) is 4.79 Å². The fourth-order valence-electron chi connectivity index (χ4n) is 2.06. The molecule has 3 aromatic heterocycles. The van der Waals surface area contributed by atoms with Crippen LogP contribution in [0.4, 0.5) is 15.6 Å². The molecule has 0 spiro atoms. The average molecular weight is 438 g/mol. The quantitative estimate of drug-likeness (QED) is 0.526. The fraction of sp³-hybridized carbons (Fsp3) is 0.222. The van der Waals surface area contributed by atoms with Crippen molar-refractivity contribution >= 4 is 63.5 Å². The van der Waals surface area contributed by atoms with Crippen molar-refractivity contribution in [1.29, 1.82) is 0 Å². The lowest BCUT2D eigenvalue weighted by atomic mass is 9.94. The van der Waals surface area contributed by atoms with Gasteiger partial charge in [-0.25, -0.2) is 14.8 Å². The number of hydrogen-bond donors (Lipinski definition) is 2. The Balaban J connectivity index is 1.62. The van der Waals surface area contributed by atoms with Gasteiger partial charge in [0, 0.05) is 35.0 Å². The molecule has 0 aliphatic heterocycles. The molecule has 28 heavy (non-hydrogen) atoms. The molecule has 0 fully saturated rings. The zero-order valence-corrected chi connectivity index (χ0v) is 17.6. The van der Waals surface area contributed by atoms with E-state index in [2.05, 4.69) is 46.4 Å². The lowest BCUT2D eigenvalue weighted by Gasteiger charge is -2.12. The monoisotopic (exact) mass is 437 g/mol. The Morgan fingerprint density at radius 2 is 1.79 bits per heavy atom. The van der Waals surface area contributed by atoms with Crippen LogP contribution >= 0.6 is 34.5 Å². The first-order chi connectivity index (χ1) is 13.2. The van der Waals surface area contributed by atoms with Gasteiger partial charge in [0.1, 0.15) is 5.76 Å². The normalized spacial score (nSPS) is 11.8. The van der Waals surface area contributed by atoms with Gasteiger partial charge in [0.15, 0.2) is 5.13 Å². The zero-order chi connectivity index (χ0) is 20.3. The second kappa shape index (κ2) is 8.30. The molecule has 0 radical (unpaired) electrons. The summed E-state index contributed by atoms with van der Waals surface area (Å²) in [6.45, 7) is 6.17. The van der Waals surface area contributed by atoms with E-state index < -0.39 is 6.03 Å². The molecule has 0 aliphatic carbocycles. The minimum Gasteiger partial charge on any atom is -0.441 e. The molecule has 3 rings (SSSR count). The van der Waals surface area contributed by atoms with Crippen LogP contribution in [0.5, 0.6) is 0 Å². The number of urea groups is 1. The summed E-state index contributed by atoms with van der Waals surface area (Å²) in [4.78, 5) is 25.2. The Morgan fingerprint density at radius 3 is 2.43 bits per heavy atom. The van der Waals surface area contributed by atoms with Crippen LogP contribution in [0, 0.1) is 0 Å². The molecular weight excluding hydrogens is 421 g/mol. The number of nitrogens with zero attached hydrogens (tertiary/aromatic N) is 3. The largest absolute Gasteiger partial charge is 0.441 e. The fourth-order valence-corrected chi connectivity index (χ4v) is 3.23. The number of anilines is 2. The molecule has 0 atom stereocenters. The van der Waals surface area contributed by atoms with Crippen molar-refractivity contribution in [2.45, 2.75) is 26.2 Å². The van der Waals surface area contributed by atoms with Crippen LogP contribution in [-0.4, -0.2) is 21.0 Å². The predicted octanol–water partition coefficient (Wildman–Crippen LogP) is 5.94. The van der Waals surface area contributed by atoms with Gasteiger partial charge >= 0.3 is 6.03 Å². The third-order valence-electron chi connectivity index (χ3n) is 3.49. The Hall–Kier alpha value is -2.42. The van der Waals surface area contributed by atoms with Crippen LogP contribution in [0.2, 0.25) is 10.0 Å². The summed E-state index contributed by atoms with van der Waals surface area (Å²) < 4.78 is 5.71. The molecule has 7 nitrogen and oxygen atoms in total. The SMILES string of the molecule is CC(C)(C)c1cnc(/C=C/c2cnc(NC(=O)Nc3c(Cl)cncc3Cl)s2)o1. The Labute approximate surface area is 175 Å². The van der Waals surface area contributed by atoms with Gasteiger partial charge in [-0.1, -0.05) is 55.3 Å². The number of carbonyl (C=O) groups is 1. The highest BCUT2D eigenvalue weighted by Gasteiger charge is 2.18. The van der Waals surface area contributed by atoms with Crippen molar-refractivity contribution in [3.63, 3.8) is 0 Å². The van der Waals surface area contributed by atoms with E-state index in [4.69, 9.17) is 27.6 Å². The maximum Gasteiger partial charge on any atom is 0.325 e. The molecule has 0 saturated heterocycles. The van der Waals surface area contributed by atoms with Crippen molar-refractivity contribution in [3.05, 3.63) is 51.4 Å². The van der Waals surface area contributed by atoms with Crippen LogP contribution < -0.4 is 10.6 Å². The number of aromatic nitrogens is 3. The first-order valence-electron chi connectivity index (χ1n) is 8.19. The van der Waals surface area contributed by atoms with E-state index in [0.717, 1.165) is 10.6 Å². The molecule has 0 aliphatic rings. The van der Waals surface area contributed by atoms with Gasteiger partial charge in [0.05, 0.1) is 21.9 Å². The van der Waals surface area contributed by atoms with Crippen LogP contribution in [-0.2, 0) is 5.41 Å². The summed E-state index contributed by atoms with van der Waals surface area (Å²) in [7, 11) is 0. The van der Waals surface area contributed by atoms with Gasteiger partial charge in [-0.15, -0.1) is 0 Å². The minimum atomic E-state index is -0.512. The Kier molecular flexibility index (Phi) is 6.02. The smallest absolute Gasteiger partial charge is 0.325 e. The molecule has 10 heteroatoms. The summed E-state index contributed by atoms with van der Waals surface area (Å²) >= 11 is 13.3. The summed E-state index contributed by atoms with van der Waals surface area (Å²) in [6.07, 6.45) is 9.71. The number of thiazole rings is 1. The maximum atomic E-state index is 12.1. The van der Waals surface area contributed by atoms with Crippen molar-refractivity contribution in [1.82, 2.24) is 15.0 Å². The van der Waals surface area contributed by atoms with Gasteiger partial charge in [0.25, 0.3) is 0 Å². The molecule has 0 saturated carbocycles. The van der Waals surface area contributed by atoms with Gasteiger partial charge in [0.2, 0.25) is 5.89 Å². The maximum absolute atomic E-state index is 12.1. The number of nitrogens with one attached hydrogen (secondary N) is 2. The second-order valence-corrected chi connectivity index (χ2v) is 8.65. The zero-order valence-electron chi connectivity index (χ0n) is 15.3. The average Bonchev–Trinajstić information content (AvgIpc) is 3.25. The summed E-state index contributed by atoms with van der Waals surface area (Å²) in [5.74, 6) is 1.32. The van der Waals surface area contributed by atoms with Crippen LogP contribution in [0.3, 0.4) is 0 Å². The highest BCUT2D eigenvalue weighted by molar-refractivity contribution is 7.16. The van der Waals surface area contributed by atoms with Crippen molar-refractivity contribution < 1.29 is 9.21 Å². The number of carbonyl (C=O) groups excluding carboxylic acids is 1. The first-order valence-corrected chi connectivity index (χ1v) is 9.77.